The molecule has 0 spiro atoms. The van der Waals surface area contributed by atoms with Crippen LogP contribution in [-0.2, 0) is 5.41 Å². The Balaban J connectivity index is 2.48. The first-order chi connectivity index (χ1) is 14.9. The lowest BCUT2D eigenvalue weighted by molar-refractivity contribution is 0.576. The fourth-order valence-electron chi connectivity index (χ4n) is 4.82. The van der Waals surface area contributed by atoms with E-state index in [1.54, 1.807) is 0 Å². The molecule has 0 saturated carbocycles. The molecular formula is C30H42N2. The first-order valence-corrected chi connectivity index (χ1v) is 12.1. The van der Waals surface area contributed by atoms with Crippen molar-refractivity contribution in [3.8, 4) is 11.4 Å². The van der Waals surface area contributed by atoms with Gasteiger partial charge in [-0.05, 0) is 72.1 Å². The summed E-state index contributed by atoms with van der Waals surface area (Å²) in [5, 5.41) is 0. The number of rotatable bonds is 6. The topological polar surface area (TPSA) is 9.86 Å². The Morgan fingerprint density at radius 2 is 1.09 bits per heavy atom. The van der Waals surface area contributed by atoms with Crippen LogP contribution in [0.3, 0.4) is 0 Å². The van der Waals surface area contributed by atoms with Gasteiger partial charge < -0.3 is 9.13 Å². The highest BCUT2D eigenvalue weighted by atomic mass is 15.0. The minimum atomic E-state index is -0.0381. The molecule has 0 fully saturated rings. The van der Waals surface area contributed by atoms with Crippen molar-refractivity contribution in [1.82, 2.24) is 9.13 Å². The third kappa shape index (κ3) is 4.25. The van der Waals surface area contributed by atoms with Gasteiger partial charge in [0.25, 0.3) is 0 Å². The number of benzene rings is 1. The third-order valence-corrected chi connectivity index (χ3v) is 6.32. The van der Waals surface area contributed by atoms with Crippen LogP contribution in [0.1, 0.15) is 115 Å². The lowest BCUT2D eigenvalue weighted by atomic mass is 9.83. The monoisotopic (exact) mass is 430 g/mol. The van der Waals surface area contributed by atoms with Gasteiger partial charge in [-0.15, -0.1) is 0 Å². The molecule has 3 aromatic rings. The SMILES string of the molecule is C=C(C)c1ccc(C(C)C)n1-c1cccc(-n2c(C(C)C)ccc2C(C)C)c1C(C)(C)C. The number of nitrogens with zero attached hydrogens (tertiary/aromatic N) is 2. The second-order valence-corrected chi connectivity index (χ2v) is 11.2. The van der Waals surface area contributed by atoms with E-state index in [0.29, 0.717) is 17.8 Å². The average Bonchev–Trinajstić information content (AvgIpc) is 3.31. The summed E-state index contributed by atoms with van der Waals surface area (Å²) < 4.78 is 4.98. The van der Waals surface area contributed by atoms with Crippen LogP contribution in [0.15, 0.2) is 49.0 Å². The summed E-state index contributed by atoms with van der Waals surface area (Å²) in [4.78, 5) is 0. The first-order valence-electron chi connectivity index (χ1n) is 12.1. The van der Waals surface area contributed by atoms with E-state index in [-0.39, 0.29) is 5.41 Å². The molecule has 0 amide bonds. The second kappa shape index (κ2) is 8.81. The smallest absolute Gasteiger partial charge is 0.0516 e. The van der Waals surface area contributed by atoms with Crippen LogP contribution in [0, 0.1) is 0 Å². The van der Waals surface area contributed by atoms with Gasteiger partial charge in [-0.25, -0.2) is 0 Å². The van der Waals surface area contributed by atoms with Gasteiger partial charge >= 0.3 is 0 Å². The molecule has 2 heterocycles. The molecule has 0 aliphatic rings. The largest absolute Gasteiger partial charge is 0.317 e. The summed E-state index contributed by atoms with van der Waals surface area (Å²) in [6, 6.07) is 15.9. The Bertz CT molecular complexity index is 1080. The number of aromatic nitrogens is 2. The second-order valence-electron chi connectivity index (χ2n) is 11.2. The normalized spacial score (nSPS) is 12.4. The van der Waals surface area contributed by atoms with Crippen molar-refractivity contribution in [2.45, 2.75) is 92.4 Å². The third-order valence-electron chi connectivity index (χ3n) is 6.32. The molecule has 2 heteroatoms. The Morgan fingerprint density at radius 3 is 1.50 bits per heavy atom. The van der Waals surface area contributed by atoms with E-state index in [4.69, 9.17) is 0 Å². The Labute approximate surface area is 196 Å². The molecule has 2 nitrogen and oxygen atoms in total. The molecule has 0 radical (unpaired) electrons. The van der Waals surface area contributed by atoms with Gasteiger partial charge in [0, 0.05) is 28.3 Å². The van der Waals surface area contributed by atoms with Crippen LogP contribution in [0.5, 0.6) is 0 Å². The zero-order valence-corrected chi connectivity index (χ0v) is 21.9. The Hall–Kier alpha value is -2.48. The fraction of sp³-hybridized carbons (Fsp3) is 0.467. The van der Waals surface area contributed by atoms with Gasteiger partial charge in [0.15, 0.2) is 0 Å². The van der Waals surface area contributed by atoms with Gasteiger partial charge in [0.2, 0.25) is 0 Å². The van der Waals surface area contributed by atoms with Crippen molar-refractivity contribution < 1.29 is 0 Å². The average molecular weight is 431 g/mol. The van der Waals surface area contributed by atoms with Crippen molar-refractivity contribution in [3.63, 3.8) is 0 Å². The highest BCUT2D eigenvalue weighted by molar-refractivity contribution is 5.66. The van der Waals surface area contributed by atoms with Crippen LogP contribution in [-0.4, -0.2) is 9.13 Å². The van der Waals surface area contributed by atoms with E-state index in [1.807, 2.05) is 0 Å². The molecular weight excluding hydrogens is 388 g/mol. The van der Waals surface area contributed by atoms with Crippen molar-refractivity contribution in [1.29, 1.82) is 0 Å². The van der Waals surface area contributed by atoms with E-state index < -0.39 is 0 Å². The van der Waals surface area contributed by atoms with Gasteiger partial charge in [0.1, 0.15) is 0 Å². The lowest BCUT2D eigenvalue weighted by Gasteiger charge is -2.31. The fourth-order valence-corrected chi connectivity index (χ4v) is 4.82. The minimum absolute atomic E-state index is 0.0381. The molecule has 3 rings (SSSR count). The van der Waals surface area contributed by atoms with Crippen LogP contribution in [0.2, 0.25) is 0 Å². The molecule has 0 aliphatic heterocycles. The Kier molecular flexibility index (Phi) is 6.65. The van der Waals surface area contributed by atoms with Crippen LogP contribution in [0.25, 0.3) is 16.9 Å². The van der Waals surface area contributed by atoms with Crippen molar-refractivity contribution in [2.24, 2.45) is 0 Å². The summed E-state index contributed by atoms with van der Waals surface area (Å²) in [6.45, 7) is 27.1. The molecule has 172 valence electrons. The Morgan fingerprint density at radius 1 is 0.688 bits per heavy atom. The highest BCUT2D eigenvalue weighted by Gasteiger charge is 2.28. The maximum atomic E-state index is 4.30. The van der Waals surface area contributed by atoms with Crippen LogP contribution >= 0.6 is 0 Å². The van der Waals surface area contributed by atoms with E-state index in [0.717, 1.165) is 5.57 Å². The van der Waals surface area contributed by atoms with E-state index >= 15 is 0 Å². The minimum Gasteiger partial charge on any atom is -0.317 e. The maximum absolute atomic E-state index is 4.30. The van der Waals surface area contributed by atoms with Gasteiger partial charge in [-0.1, -0.05) is 75.0 Å². The molecule has 0 bridgehead atoms. The lowest BCUT2D eigenvalue weighted by Crippen LogP contribution is -2.22. The zero-order valence-electron chi connectivity index (χ0n) is 21.9. The molecule has 0 unspecified atom stereocenters. The summed E-state index contributed by atoms with van der Waals surface area (Å²) >= 11 is 0. The zero-order chi connectivity index (χ0) is 24.0. The van der Waals surface area contributed by atoms with E-state index in [1.165, 1.54) is 39.7 Å². The quantitative estimate of drug-likeness (QED) is 0.369. The molecule has 0 atom stereocenters. The summed E-state index contributed by atoms with van der Waals surface area (Å²) in [5.74, 6) is 1.31. The van der Waals surface area contributed by atoms with Gasteiger partial charge in [-0.2, -0.15) is 0 Å². The molecule has 1 aromatic carbocycles. The molecule has 32 heavy (non-hydrogen) atoms. The summed E-state index contributed by atoms with van der Waals surface area (Å²) in [5.41, 5.74) is 10.2. The van der Waals surface area contributed by atoms with Gasteiger partial charge in [0.05, 0.1) is 11.4 Å². The molecule has 2 aromatic heterocycles. The van der Waals surface area contributed by atoms with E-state index in [2.05, 4.69) is 127 Å². The number of hydrogen-bond donors (Lipinski definition) is 0. The first kappa shape index (κ1) is 24.2. The number of allylic oxidation sites excluding steroid dienone is 1. The number of hydrogen-bond acceptors (Lipinski definition) is 0. The summed E-state index contributed by atoms with van der Waals surface area (Å²) in [6.07, 6.45) is 0. The standard InChI is InChI=1S/C30H42N2/c1-19(2)23-15-16-24(20(3)4)31(23)27-13-12-14-28(29(27)30(9,10)11)32-25(21(5)6)17-18-26(32)22(7)8/h12-18,20-22H,1H2,2-11H3. The van der Waals surface area contributed by atoms with E-state index in [9.17, 15) is 0 Å². The summed E-state index contributed by atoms with van der Waals surface area (Å²) in [7, 11) is 0. The highest BCUT2D eigenvalue weighted by Crippen LogP contribution is 2.40. The van der Waals surface area contributed by atoms with Crippen molar-refractivity contribution in [2.75, 3.05) is 0 Å². The van der Waals surface area contributed by atoms with Crippen LogP contribution < -0.4 is 0 Å². The van der Waals surface area contributed by atoms with Crippen molar-refractivity contribution >= 4 is 5.57 Å². The molecule has 0 aliphatic carbocycles. The van der Waals surface area contributed by atoms with Crippen LogP contribution in [0.4, 0.5) is 0 Å². The maximum Gasteiger partial charge on any atom is 0.0516 e. The van der Waals surface area contributed by atoms with Crippen molar-refractivity contribution in [3.05, 3.63) is 77.4 Å². The van der Waals surface area contributed by atoms with Gasteiger partial charge in [-0.3, -0.25) is 0 Å². The predicted octanol–water partition coefficient (Wildman–Crippen LogP) is 8.97. The molecule has 0 saturated heterocycles. The molecule has 0 N–H and O–H groups in total. The predicted molar refractivity (Wildman–Crippen MR) is 141 cm³/mol.